The number of aliphatic hydroxyl groups excluding tert-OH is 1. The molecule has 0 radical (unpaired) electrons. The molecule has 0 saturated carbocycles. The van der Waals surface area contributed by atoms with Gasteiger partial charge in [0.1, 0.15) is 6.10 Å². The van der Waals surface area contributed by atoms with E-state index in [1.54, 1.807) is 0 Å². The summed E-state index contributed by atoms with van der Waals surface area (Å²) in [6, 6.07) is 0. The molecule has 0 amide bonds. The van der Waals surface area contributed by atoms with Crippen molar-refractivity contribution in [2.45, 2.75) is 238 Å². The molecule has 0 aromatic rings. The molecule has 1 unspecified atom stereocenters. The molecule has 0 aromatic carbocycles. The maximum Gasteiger partial charge on any atom is 0.306 e. The molecule has 4 heteroatoms. The molecule has 4 nitrogen and oxygen atoms in total. The second-order valence-electron chi connectivity index (χ2n) is 16.2. The molecule has 1 N–H and O–H groups in total. The first-order chi connectivity index (χ1) is 28.2. The molecular formula is C53H94O4. The third-order valence-electron chi connectivity index (χ3n) is 10.5. The van der Waals surface area contributed by atoms with Gasteiger partial charge in [-0.05, 0) is 89.9 Å². The van der Waals surface area contributed by atoms with Crippen molar-refractivity contribution in [3.63, 3.8) is 0 Å². The third kappa shape index (κ3) is 48.1. The van der Waals surface area contributed by atoms with Gasteiger partial charge in [0.25, 0.3) is 0 Å². The van der Waals surface area contributed by atoms with E-state index in [0.717, 1.165) is 51.4 Å². The van der Waals surface area contributed by atoms with Gasteiger partial charge in [-0.25, -0.2) is 0 Å². The van der Waals surface area contributed by atoms with Crippen molar-refractivity contribution in [3.05, 3.63) is 72.9 Å². The zero-order valence-electron chi connectivity index (χ0n) is 37.8. The van der Waals surface area contributed by atoms with Gasteiger partial charge in [-0.2, -0.15) is 0 Å². The Balaban J connectivity index is 3.47. The molecule has 0 rings (SSSR count). The van der Waals surface area contributed by atoms with Gasteiger partial charge >= 0.3 is 5.97 Å². The second-order valence-corrected chi connectivity index (χ2v) is 16.2. The molecule has 0 saturated heterocycles. The van der Waals surface area contributed by atoms with Crippen LogP contribution in [0.25, 0.3) is 0 Å². The van der Waals surface area contributed by atoms with E-state index in [2.05, 4.69) is 86.8 Å². The highest BCUT2D eigenvalue weighted by molar-refractivity contribution is 5.69. The molecule has 0 spiro atoms. The van der Waals surface area contributed by atoms with E-state index in [4.69, 9.17) is 9.47 Å². The lowest BCUT2D eigenvalue weighted by molar-refractivity contribution is -0.154. The minimum atomic E-state index is -0.546. The highest BCUT2D eigenvalue weighted by Gasteiger charge is 2.13. The molecule has 0 heterocycles. The predicted octanol–water partition coefficient (Wildman–Crippen LogP) is 16.5. The van der Waals surface area contributed by atoms with Crippen LogP contribution in [0.15, 0.2) is 72.9 Å². The molecule has 0 bridgehead atoms. The largest absolute Gasteiger partial charge is 0.457 e. The number of rotatable bonds is 45. The molecule has 0 aliphatic carbocycles. The van der Waals surface area contributed by atoms with Gasteiger partial charge in [-0.1, -0.05) is 209 Å². The summed E-state index contributed by atoms with van der Waals surface area (Å²) >= 11 is 0. The van der Waals surface area contributed by atoms with E-state index >= 15 is 0 Å². The maximum absolute atomic E-state index is 12.3. The number of hydrogen-bond donors (Lipinski definition) is 1. The van der Waals surface area contributed by atoms with Crippen LogP contribution in [0.2, 0.25) is 0 Å². The first kappa shape index (κ1) is 54.8. The summed E-state index contributed by atoms with van der Waals surface area (Å²) in [7, 11) is 0. The van der Waals surface area contributed by atoms with Crippen LogP contribution in [0.3, 0.4) is 0 Å². The number of esters is 1. The fourth-order valence-corrected chi connectivity index (χ4v) is 6.81. The van der Waals surface area contributed by atoms with Crippen LogP contribution in [0.4, 0.5) is 0 Å². The minimum Gasteiger partial charge on any atom is -0.457 e. The monoisotopic (exact) mass is 795 g/mol. The van der Waals surface area contributed by atoms with Crippen LogP contribution in [0.1, 0.15) is 232 Å². The van der Waals surface area contributed by atoms with Crippen molar-refractivity contribution in [2.24, 2.45) is 0 Å². The second kappa shape index (κ2) is 50.0. The van der Waals surface area contributed by atoms with Gasteiger partial charge in [0.05, 0.1) is 13.2 Å². The molecule has 0 aromatic heterocycles. The minimum absolute atomic E-state index is 0.180. The van der Waals surface area contributed by atoms with E-state index in [0.29, 0.717) is 13.0 Å². The summed E-state index contributed by atoms with van der Waals surface area (Å²) in [5, 5.41) is 9.64. The highest BCUT2D eigenvalue weighted by atomic mass is 16.6. The Hall–Kier alpha value is -2.17. The SMILES string of the molecule is CCCCC/C=C\C/C=C\C/C=C\CCCCCCCCCOCC(CO)OC(=O)CCCCCCCCCCCC/C=C\C/C=C\C/C=C\CCCCCCC. The number of carbonyl (C=O) groups excluding carboxylic acids is 1. The highest BCUT2D eigenvalue weighted by Crippen LogP contribution is 2.14. The van der Waals surface area contributed by atoms with Gasteiger partial charge < -0.3 is 14.6 Å². The summed E-state index contributed by atoms with van der Waals surface area (Å²) < 4.78 is 11.2. The Morgan fingerprint density at radius 1 is 0.421 bits per heavy atom. The molecule has 0 aliphatic heterocycles. The van der Waals surface area contributed by atoms with Gasteiger partial charge in [-0.15, -0.1) is 0 Å². The zero-order chi connectivity index (χ0) is 41.2. The van der Waals surface area contributed by atoms with Gasteiger partial charge in [0.2, 0.25) is 0 Å². The Bertz CT molecular complexity index is 973. The molecule has 0 fully saturated rings. The molecule has 1 atom stereocenters. The van der Waals surface area contributed by atoms with Crippen molar-refractivity contribution in [1.82, 2.24) is 0 Å². The number of allylic oxidation sites excluding steroid dienone is 12. The standard InChI is InChI=1S/C53H94O4/c1-3-5-7-9-11-13-15-17-19-21-23-25-26-27-28-29-30-32-34-36-38-40-42-44-46-48-53(55)57-52(50-54)51-56-49-47-45-43-41-39-37-35-33-31-24-22-20-18-16-14-12-10-8-6-4-2/h12,14-15,17-18,20-21,23-24,26-27,31,52,54H,3-11,13,16,19,22,25,28-30,32-51H2,1-2H3/b14-12-,17-15-,20-18-,23-21-,27-26-,31-24-. The van der Waals surface area contributed by atoms with Crippen LogP contribution in [-0.4, -0.2) is 37.0 Å². The van der Waals surface area contributed by atoms with Crippen molar-refractivity contribution in [2.75, 3.05) is 19.8 Å². The van der Waals surface area contributed by atoms with Crippen LogP contribution >= 0.6 is 0 Å². The van der Waals surface area contributed by atoms with E-state index in [1.807, 2.05) is 0 Å². The molecule has 0 aliphatic rings. The topological polar surface area (TPSA) is 55.8 Å². The van der Waals surface area contributed by atoms with Crippen LogP contribution in [0.5, 0.6) is 0 Å². The Labute approximate surface area is 355 Å². The van der Waals surface area contributed by atoms with Crippen molar-refractivity contribution in [3.8, 4) is 0 Å². The van der Waals surface area contributed by atoms with E-state index < -0.39 is 6.10 Å². The lowest BCUT2D eigenvalue weighted by atomic mass is 10.0. The maximum atomic E-state index is 12.3. The number of hydrogen-bond acceptors (Lipinski definition) is 4. The summed E-state index contributed by atoms with van der Waals surface area (Å²) in [4.78, 5) is 12.3. The number of ether oxygens (including phenoxy) is 2. The lowest BCUT2D eigenvalue weighted by Gasteiger charge is -2.16. The Morgan fingerprint density at radius 2 is 0.737 bits per heavy atom. The summed E-state index contributed by atoms with van der Waals surface area (Å²) in [5.74, 6) is -0.209. The zero-order valence-corrected chi connectivity index (χ0v) is 37.8. The third-order valence-corrected chi connectivity index (χ3v) is 10.5. The van der Waals surface area contributed by atoms with E-state index in [-0.39, 0.29) is 19.2 Å². The average Bonchev–Trinajstić information content (AvgIpc) is 3.22. The number of aliphatic hydroxyl groups is 1. The fraction of sp³-hybridized carbons (Fsp3) is 0.755. The van der Waals surface area contributed by atoms with Gasteiger partial charge in [0.15, 0.2) is 0 Å². The van der Waals surface area contributed by atoms with E-state index in [9.17, 15) is 9.90 Å². The molecule has 330 valence electrons. The fourth-order valence-electron chi connectivity index (χ4n) is 6.81. The summed E-state index contributed by atoms with van der Waals surface area (Å²) in [6.45, 7) is 5.29. The predicted molar refractivity (Wildman–Crippen MR) is 251 cm³/mol. The molecular weight excluding hydrogens is 701 g/mol. The summed E-state index contributed by atoms with van der Waals surface area (Å²) in [5.41, 5.74) is 0. The van der Waals surface area contributed by atoms with Crippen LogP contribution < -0.4 is 0 Å². The Kier molecular flexibility index (Phi) is 48.1. The van der Waals surface area contributed by atoms with Crippen molar-refractivity contribution < 1.29 is 19.4 Å². The van der Waals surface area contributed by atoms with Crippen molar-refractivity contribution >= 4 is 5.97 Å². The smallest absolute Gasteiger partial charge is 0.306 e. The first-order valence-electron chi connectivity index (χ1n) is 24.5. The first-order valence-corrected chi connectivity index (χ1v) is 24.5. The number of carbonyl (C=O) groups is 1. The van der Waals surface area contributed by atoms with Gasteiger partial charge in [-0.3, -0.25) is 4.79 Å². The Morgan fingerprint density at radius 3 is 1.14 bits per heavy atom. The van der Waals surface area contributed by atoms with E-state index in [1.165, 1.54) is 161 Å². The normalized spacial score (nSPS) is 13.0. The quantitative estimate of drug-likeness (QED) is 0.0379. The van der Waals surface area contributed by atoms with Gasteiger partial charge in [0, 0.05) is 13.0 Å². The van der Waals surface area contributed by atoms with Crippen LogP contribution in [0, 0.1) is 0 Å². The molecule has 57 heavy (non-hydrogen) atoms. The summed E-state index contributed by atoms with van der Waals surface area (Å²) in [6.07, 6.45) is 68.3. The van der Waals surface area contributed by atoms with Crippen molar-refractivity contribution in [1.29, 1.82) is 0 Å². The number of unbranched alkanes of at least 4 members (excludes halogenated alkanes) is 25. The average molecular weight is 795 g/mol. The lowest BCUT2D eigenvalue weighted by Crippen LogP contribution is -2.27. The van der Waals surface area contributed by atoms with Crippen LogP contribution in [-0.2, 0) is 14.3 Å².